The number of thioether (sulfide) groups is 1. The molecule has 0 saturated heterocycles. The first-order valence-electron chi connectivity index (χ1n) is 5.66. The lowest BCUT2D eigenvalue weighted by Gasteiger charge is -2.16. The zero-order valence-corrected chi connectivity index (χ0v) is 10.6. The summed E-state index contributed by atoms with van der Waals surface area (Å²) in [6.07, 6.45) is 3.63. The molecular formula is C12H28O2S. The van der Waals surface area contributed by atoms with E-state index in [2.05, 4.69) is 6.92 Å². The lowest BCUT2D eigenvalue weighted by molar-refractivity contribution is -0.136. The van der Waals surface area contributed by atoms with Crippen molar-refractivity contribution in [3.8, 4) is 0 Å². The second-order valence-corrected chi connectivity index (χ2v) is 4.32. The van der Waals surface area contributed by atoms with Crippen LogP contribution >= 0.6 is 11.8 Å². The van der Waals surface area contributed by atoms with E-state index < -0.39 is 0 Å². The Kier molecular flexibility index (Phi) is 16.8. The highest BCUT2D eigenvalue weighted by Crippen LogP contribution is 2.10. The molecule has 0 heterocycles. The van der Waals surface area contributed by atoms with Crippen molar-refractivity contribution >= 4 is 11.8 Å². The fraction of sp³-hybridized carbons (Fsp3) is 1.00. The molecule has 0 aliphatic carbocycles. The Labute approximate surface area is 100 Å². The first kappa shape index (κ1) is 17.7. The summed E-state index contributed by atoms with van der Waals surface area (Å²) in [7, 11) is 0. The van der Waals surface area contributed by atoms with Gasteiger partial charge < -0.3 is 9.47 Å². The lowest BCUT2D eigenvalue weighted by Crippen LogP contribution is -2.18. The molecule has 15 heavy (non-hydrogen) atoms. The molecule has 0 atom stereocenters. The lowest BCUT2D eigenvalue weighted by atomic mass is 10.4. The fourth-order valence-corrected chi connectivity index (χ4v) is 2.17. The molecule has 0 aromatic heterocycles. The highest BCUT2D eigenvalue weighted by atomic mass is 32.2. The normalized spacial score (nSPS) is 10.4. The summed E-state index contributed by atoms with van der Waals surface area (Å²) >= 11 is 2.00. The van der Waals surface area contributed by atoms with Crippen LogP contribution in [0.5, 0.6) is 0 Å². The predicted molar refractivity (Wildman–Crippen MR) is 70.6 cm³/mol. The summed E-state index contributed by atoms with van der Waals surface area (Å²) in [5.74, 6) is 2.41. The molecule has 0 aromatic carbocycles. The van der Waals surface area contributed by atoms with Crippen LogP contribution in [0, 0.1) is 0 Å². The first-order chi connectivity index (χ1) is 6.85. The van der Waals surface area contributed by atoms with E-state index >= 15 is 0 Å². The summed E-state index contributed by atoms with van der Waals surface area (Å²) in [6, 6.07) is 0. The number of rotatable bonds is 10. The molecule has 0 aliphatic rings. The number of ether oxygens (including phenoxy) is 2. The smallest absolute Gasteiger partial charge is 0.158 e. The van der Waals surface area contributed by atoms with Gasteiger partial charge in [-0.3, -0.25) is 0 Å². The molecule has 0 rings (SSSR count). The molecule has 2 nitrogen and oxygen atoms in total. The zero-order chi connectivity index (χ0) is 10.6. The molecular weight excluding hydrogens is 208 g/mol. The Hall–Kier alpha value is 0.270. The van der Waals surface area contributed by atoms with E-state index in [1.165, 1.54) is 18.6 Å². The highest BCUT2D eigenvalue weighted by molar-refractivity contribution is 7.99. The molecule has 0 radical (unpaired) electrons. The number of unbranched alkanes of at least 4 members (excludes halogenated alkanes) is 1. The van der Waals surface area contributed by atoms with E-state index in [4.69, 9.17) is 9.47 Å². The average Bonchev–Trinajstić information content (AvgIpc) is 2.18. The van der Waals surface area contributed by atoms with Crippen LogP contribution in [-0.4, -0.2) is 31.0 Å². The maximum Gasteiger partial charge on any atom is 0.158 e. The molecule has 0 spiro atoms. The van der Waals surface area contributed by atoms with Gasteiger partial charge >= 0.3 is 0 Å². The molecule has 0 unspecified atom stereocenters. The van der Waals surface area contributed by atoms with E-state index in [9.17, 15) is 0 Å². The maximum absolute atomic E-state index is 5.45. The quantitative estimate of drug-likeness (QED) is 0.423. The third-order valence-corrected chi connectivity index (χ3v) is 2.95. The Bertz CT molecular complexity index is 104. The Morgan fingerprint density at radius 2 is 1.60 bits per heavy atom. The standard InChI is InChI=1S/C11H24O2S.CH4/c1-4-7-9-14-10-8-11(12-5-2)13-6-3;/h11H,4-10H2,1-3H3;1H4. The van der Waals surface area contributed by atoms with Gasteiger partial charge in [-0.1, -0.05) is 20.8 Å². The second kappa shape index (κ2) is 14.3. The average molecular weight is 236 g/mol. The van der Waals surface area contributed by atoms with E-state index in [0.29, 0.717) is 0 Å². The topological polar surface area (TPSA) is 18.5 Å². The van der Waals surface area contributed by atoms with Crippen molar-refractivity contribution in [2.45, 2.75) is 53.8 Å². The Balaban J connectivity index is 0. The van der Waals surface area contributed by atoms with Crippen molar-refractivity contribution in [3.05, 3.63) is 0 Å². The van der Waals surface area contributed by atoms with Gasteiger partial charge in [-0.2, -0.15) is 11.8 Å². The van der Waals surface area contributed by atoms with Gasteiger partial charge in [-0.25, -0.2) is 0 Å². The van der Waals surface area contributed by atoms with Crippen molar-refractivity contribution in [2.24, 2.45) is 0 Å². The van der Waals surface area contributed by atoms with Crippen molar-refractivity contribution in [3.63, 3.8) is 0 Å². The van der Waals surface area contributed by atoms with Gasteiger partial charge in [0, 0.05) is 19.6 Å². The van der Waals surface area contributed by atoms with Crippen LogP contribution in [0.4, 0.5) is 0 Å². The number of hydrogen-bond donors (Lipinski definition) is 0. The molecule has 0 fully saturated rings. The minimum atomic E-state index is 0. The van der Waals surface area contributed by atoms with Crippen LogP contribution in [0.25, 0.3) is 0 Å². The Morgan fingerprint density at radius 1 is 1.00 bits per heavy atom. The summed E-state index contributed by atoms with van der Waals surface area (Å²) < 4.78 is 10.9. The summed E-state index contributed by atoms with van der Waals surface area (Å²) in [5, 5.41) is 0. The van der Waals surface area contributed by atoms with Gasteiger partial charge in [0.2, 0.25) is 0 Å². The largest absolute Gasteiger partial charge is 0.353 e. The Morgan fingerprint density at radius 3 is 2.07 bits per heavy atom. The van der Waals surface area contributed by atoms with Crippen LogP contribution in [-0.2, 0) is 9.47 Å². The van der Waals surface area contributed by atoms with E-state index in [1.54, 1.807) is 0 Å². The predicted octanol–water partition coefficient (Wildman–Crippen LogP) is 3.95. The van der Waals surface area contributed by atoms with Crippen LogP contribution < -0.4 is 0 Å². The van der Waals surface area contributed by atoms with Crippen LogP contribution in [0.2, 0.25) is 0 Å². The molecule has 3 heteroatoms. The maximum atomic E-state index is 5.45. The molecule has 0 amide bonds. The van der Waals surface area contributed by atoms with Gasteiger partial charge in [0.15, 0.2) is 6.29 Å². The zero-order valence-electron chi connectivity index (χ0n) is 9.75. The van der Waals surface area contributed by atoms with Gasteiger partial charge in [-0.05, 0) is 31.8 Å². The van der Waals surface area contributed by atoms with Crippen molar-refractivity contribution in [1.29, 1.82) is 0 Å². The third-order valence-electron chi connectivity index (χ3n) is 1.85. The molecule has 0 bridgehead atoms. The van der Waals surface area contributed by atoms with Crippen molar-refractivity contribution < 1.29 is 9.47 Å². The minimum absolute atomic E-state index is 0. The number of hydrogen-bond acceptors (Lipinski definition) is 3. The van der Waals surface area contributed by atoms with Crippen molar-refractivity contribution in [1.82, 2.24) is 0 Å². The van der Waals surface area contributed by atoms with Crippen LogP contribution in [0.1, 0.15) is 47.5 Å². The van der Waals surface area contributed by atoms with Crippen LogP contribution in [0.3, 0.4) is 0 Å². The van der Waals surface area contributed by atoms with Gasteiger partial charge in [0.25, 0.3) is 0 Å². The minimum Gasteiger partial charge on any atom is -0.353 e. The second-order valence-electron chi connectivity index (χ2n) is 3.09. The SMILES string of the molecule is C.CCCCSCCC(OCC)OCC. The van der Waals surface area contributed by atoms with Crippen molar-refractivity contribution in [2.75, 3.05) is 24.7 Å². The van der Waals surface area contributed by atoms with E-state index in [0.717, 1.165) is 25.4 Å². The summed E-state index contributed by atoms with van der Waals surface area (Å²) in [4.78, 5) is 0. The molecule has 0 N–H and O–H groups in total. The summed E-state index contributed by atoms with van der Waals surface area (Å²) in [5.41, 5.74) is 0. The monoisotopic (exact) mass is 236 g/mol. The molecule has 0 saturated carbocycles. The van der Waals surface area contributed by atoms with E-state index in [1.807, 2.05) is 25.6 Å². The van der Waals surface area contributed by atoms with E-state index in [-0.39, 0.29) is 13.7 Å². The summed E-state index contributed by atoms with van der Waals surface area (Å²) in [6.45, 7) is 7.73. The van der Waals surface area contributed by atoms with Crippen LogP contribution in [0.15, 0.2) is 0 Å². The molecule has 94 valence electrons. The molecule has 0 aromatic rings. The fourth-order valence-electron chi connectivity index (χ4n) is 1.11. The van der Waals surface area contributed by atoms with Gasteiger partial charge in [0.05, 0.1) is 0 Å². The molecule has 0 aliphatic heterocycles. The third kappa shape index (κ3) is 12.2. The van der Waals surface area contributed by atoms with Gasteiger partial charge in [-0.15, -0.1) is 0 Å². The highest BCUT2D eigenvalue weighted by Gasteiger charge is 2.06. The first-order valence-corrected chi connectivity index (χ1v) is 6.81. The van der Waals surface area contributed by atoms with Gasteiger partial charge in [0.1, 0.15) is 0 Å².